The van der Waals surface area contributed by atoms with Gasteiger partial charge in [0.05, 0.1) is 16.5 Å². The fourth-order valence-electron chi connectivity index (χ4n) is 3.15. The quantitative estimate of drug-likeness (QED) is 0.834. The van der Waals surface area contributed by atoms with E-state index >= 15 is 0 Å². The van der Waals surface area contributed by atoms with Crippen molar-refractivity contribution in [3.63, 3.8) is 0 Å². The van der Waals surface area contributed by atoms with Crippen LogP contribution in [-0.4, -0.2) is 46.0 Å². The summed E-state index contributed by atoms with van der Waals surface area (Å²) < 4.78 is 0. The Morgan fingerprint density at radius 3 is 2.83 bits per heavy atom. The van der Waals surface area contributed by atoms with Gasteiger partial charge in [-0.25, -0.2) is 0 Å². The molecule has 1 atom stereocenters. The third kappa shape index (κ3) is 3.01. The number of rotatable bonds is 4. The number of nitrogens with zero attached hydrogens (tertiary/aromatic N) is 2. The number of amides is 2. The van der Waals surface area contributed by atoms with E-state index in [1.54, 1.807) is 17.4 Å². The lowest BCUT2D eigenvalue weighted by molar-refractivity contribution is -0.133. The van der Waals surface area contributed by atoms with Crippen LogP contribution in [0.4, 0.5) is 0 Å². The van der Waals surface area contributed by atoms with Gasteiger partial charge in [0, 0.05) is 12.6 Å². The third-order valence-corrected chi connectivity index (χ3v) is 5.50. The van der Waals surface area contributed by atoms with Crippen LogP contribution in [0.25, 0.3) is 10.6 Å². The van der Waals surface area contributed by atoms with Crippen molar-refractivity contribution in [3.8, 4) is 10.6 Å². The molecule has 0 spiro atoms. The van der Waals surface area contributed by atoms with E-state index in [2.05, 4.69) is 15.5 Å². The molecule has 7 heteroatoms. The number of hydrogen-bond acceptors (Lipinski definition) is 5. The minimum Gasteiger partial charge on any atom is -0.316 e. The smallest absolute Gasteiger partial charge is 0.281 e. The normalized spacial score (nSPS) is 20.8. The molecule has 24 heavy (non-hydrogen) atoms. The van der Waals surface area contributed by atoms with Crippen LogP contribution in [0.2, 0.25) is 0 Å². The van der Waals surface area contributed by atoms with Gasteiger partial charge in [-0.15, -0.1) is 11.3 Å². The van der Waals surface area contributed by atoms with Gasteiger partial charge in [-0.05, 0) is 49.7 Å². The summed E-state index contributed by atoms with van der Waals surface area (Å²) in [5.41, 5.74) is 1.14. The predicted octanol–water partition coefficient (Wildman–Crippen LogP) is 2.27. The second-order valence-electron chi connectivity index (χ2n) is 6.43. The van der Waals surface area contributed by atoms with Gasteiger partial charge in [0.1, 0.15) is 0 Å². The monoisotopic (exact) mass is 344 g/mol. The Kier molecular flexibility index (Phi) is 4.20. The number of nitrogens with one attached hydrogen (secondary N) is 2. The van der Waals surface area contributed by atoms with E-state index in [0.29, 0.717) is 12.2 Å². The Morgan fingerprint density at radius 2 is 2.17 bits per heavy atom. The molecule has 1 saturated carbocycles. The Balaban J connectivity index is 1.55. The number of piperidine rings is 1. The van der Waals surface area contributed by atoms with E-state index in [1.165, 1.54) is 4.90 Å². The summed E-state index contributed by atoms with van der Waals surface area (Å²) in [7, 11) is 0. The second-order valence-corrected chi connectivity index (χ2v) is 7.38. The largest absolute Gasteiger partial charge is 0.316 e. The number of H-pyrrole nitrogens is 1. The van der Waals surface area contributed by atoms with Crippen molar-refractivity contribution in [2.24, 2.45) is 5.92 Å². The highest BCUT2D eigenvalue weighted by atomic mass is 32.1. The first kappa shape index (κ1) is 15.5. The van der Waals surface area contributed by atoms with Crippen molar-refractivity contribution in [2.45, 2.75) is 31.7 Å². The Bertz CT molecular complexity index is 730. The fourth-order valence-corrected chi connectivity index (χ4v) is 3.84. The highest BCUT2D eigenvalue weighted by Gasteiger charge is 2.41. The average Bonchev–Trinajstić information content (AvgIpc) is 3.11. The molecule has 1 aliphatic carbocycles. The van der Waals surface area contributed by atoms with Crippen LogP contribution >= 0.6 is 11.3 Å². The Morgan fingerprint density at radius 1 is 1.29 bits per heavy atom. The van der Waals surface area contributed by atoms with Crippen molar-refractivity contribution < 1.29 is 9.59 Å². The molecule has 2 fully saturated rings. The average molecular weight is 344 g/mol. The molecule has 2 N–H and O–H groups in total. The highest BCUT2D eigenvalue weighted by Crippen LogP contribution is 2.31. The van der Waals surface area contributed by atoms with Crippen molar-refractivity contribution in [1.29, 1.82) is 0 Å². The van der Waals surface area contributed by atoms with Gasteiger partial charge in [-0.1, -0.05) is 6.07 Å². The van der Waals surface area contributed by atoms with Crippen LogP contribution in [0, 0.1) is 5.92 Å². The summed E-state index contributed by atoms with van der Waals surface area (Å²) in [5, 5.41) is 12.3. The van der Waals surface area contributed by atoms with Gasteiger partial charge in [0.2, 0.25) is 5.91 Å². The van der Waals surface area contributed by atoms with Crippen LogP contribution in [0.1, 0.15) is 36.2 Å². The number of carbonyl (C=O) groups is 2. The van der Waals surface area contributed by atoms with Gasteiger partial charge >= 0.3 is 0 Å². The molecule has 2 aromatic rings. The minimum atomic E-state index is -0.271. The third-order valence-electron chi connectivity index (χ3n) is 4.60. The van der Waals surface area contributed by atoms with Crippen molar-refractivity contribution in [1.82, 2.24) is 20.4 Å². The van der Waals surface area contributed by atoms with E-state index in [1.807, 2.05) is 17.5 Å². The SMILES string of the molecule is O=C(c1cc(-c2cccs2)[nH]n1)N(C(=O)C1CCCNC1)C1CC1. The van der Waals surface area contributed by atoms with E-state index in [-0.39, 0.29) is 23.8 Å². The lowest BCUT2D eigenvalue weighted by Gasteiger charge is -2.28. The zero-order chi connectivity index (χ0) is 16.5. The summed E-state index contributed by atoms with van der Waals surface area (Å²) in [5.74, 6) is -0.415. The maximum Gasteiger partial charge on any atom is 0.281 e. The van der Waals surface area contributed by atoms with E-state index in [4.69, 9.17) is 0 Å². The summed E-state index contributed by atoms with van der Waals surface area (Å²) in [6, 6.07) is 5.73. The number of carbonyl (C=O) groups excluding carboxylic acids is 2. The first-order valence-electron chi connectivity index (χ1n) is 8.41. The molecule has 126 valence electrons. The minimum absolute atomic E-state index is 0.0460. The van der Waals surface area contributed by atoms with Crippen molar-refractivity contribution in [2.75, 3.05) is 13.1 Å². The summed E-state index contributed by atoms with van der Waals surface area (Å²) >= 11 is 1.59. The molecule has 1 saturated heterocycles. The molecule has 2 aromatic heterocycles. The number of imide groups is 1. The van der Waals surface area contributed by atoms with Crippen LogP contribution in [-0.2, 0) is 4.79 Å². The van der Waals surface area contributed by atoms with Crippen molar-refractivity contribution in [3.05, 3.63) is 29.3 Å². The summed E-state index contributed by atoms with van der Waals surface area (Å²) in [4.78, 5) is 28.3. The fraction of sp³-hybridized carbons (Fsp3) is 0.471. The van der Waals surface area contributed by atoms with Gasteiger partial charge < -0.3 is 5.32 Å². The highest BCUT2D eigenvalue weighted by molar-refractivity contribution is 7.13. The van der Waals surface area contributed by atoms with Gasteiger partial charge in [-0.3, -0.25) is 19.6 Å². The molecular weight excluding hydrogens is 324 g/mol. The maximum absolute atomic E-state index is 12.9. The molecule has 3 heterocycles. The number of hydrogen-bond donors (Lipinski definition) is 2. The number of aromatic nitrogens is 2. The zero-order valence-corrected chi connectivity index (χ0v) is 14.1. The molecule has 6 nitrogen and oxygen atoms in total. The van der Waals surface area contributed by atoms with E-state index < -0.39 is 0 Å². The molecule has 1 aliphatic heterocycles. The molecular formula is C17H20N4O2S. The van der Waals surface area contributed by atoms with Crippen LogP contribution in [0.15, 0.2) is 23.6 Å². The Hall–Kier alpha value is -1.99. The molecule has 4 rings (SSSR count). The van der Waals surface area contributed by atoms with Crippen molar-refractivity contribution >= 4 is 23.2 Å². The molecule has 0 radical (unpaired) electrons. The van der Waals surface area contributed by atoms with Gasteiger partial charge in [0.15, 0.2) is 5.69 Å². The zero-order valence-electron chi connectivity index (χ0n) is 13.3. The second kappa shape index (κ2) is 6.49. The molecule has 1 unspecified atom stereocenters. The molecule has 0 bridgehead atoms. The topological polar surface area (TPSA) is 78.1 Å². The standard InChI is InChI=1S/C17H20N4O2S/c22-16(11-3-1-7-18-10-11)21(12-5-6-12)17(23)14-9-13(19-20-14)15-4-2-8-24-15/h2,4,8-9,11-12,18H,1,3,5-7,10H2,(H,19,20). The lowest BCUT2D eigenvalue weighted by Crippen LogP contribution is -2.46. The summed E-state index contributed by atoms with van der Waals surface area (Å²) in [6.07, 6.45) is 3.64. The van der Waals surface area contributed by atoms with E-state index in [9.17, 15) is 9.59 Å². The first-order valence-corrected chi connectivity index (χ1v) is 9.29. The van der Waals surface area contributed by atoms with E-state index in [0.717, 1.165) is 42.8 Å². The van der Waals surface area contributed by atoms with Crippen LogP contribution in [0.3, 0.4) is 0 Å². The number of thiophene rings is 1. The van der Waals surface area contributed by atoms with Gasteiger partial charge in [-0.2, -0.15) is 5.10 Å². The van der Waals surface area contributed by atoms with Gasteiger partial charge in [0.25, 0.3) is 5.91 Å². The summed E-state index contributed by atoms with van der Waals surface area (Å²) in [6.45, 7) is 1.61. The van der Waals surface area contributed by atoms with Crippen LogP contribution < -0.4 is 5.32 Å². The molecule has 2 aliphatic rings. The Labute approximate surface area is 144 Å². The predicted molar refractivity (Wildman–Crippen MR) is 91.7 cm³/mol. The lowest BCUT2D eigenvalue weighted by atomic mass is 9.98. The maximum atomic E-state index is 12.9. The molecule has 0 aromatic carbocycles. The molecule has 2 amide bonds. The first-order chi connectivity index (χ1) is 11.7. The van der Waals surface area contributed by atoms with Crippen LogP contribution in [0.5, 0.6) is 0 Å². The number of aromatic amines is 1.